The Bertz CT molecular complexity index is 697. The van der Waals surface area contributed by atoms with Gasteiger partial charge in [-0.3, -0.25) is 4.79 Å². The minimum absolute atomic E-state index is 0.0307. The van der Waals surface area contributed by atoms with E-state index in [-0.39, 0.29) is 11.2 Å². The van der Waals surface area contributed by atoms with E-state index >= 15 is 0 Å². The van der Waals surface area contributed by atoms with Crippen molar-refractivity contribution >= 4 is 29.3 Å². The van der Waals surface area contributed by atoms with E-state index in [1.807, 2.05) is 19.1 Å². The number of halogens is 1. The van der Waals surface area contributed by atoms with Crippen molar-refractivity contribution < 1.29 is 9.21 Å². The van der Waals surface area contributed by atoms with Crippen LogP contribution < -0.4 is 5.32 Å². The molecule has 0 radical (unpaired) electrons. The van der Waals surface area contributed by atoms with Gasteiger partial charge in [0.1, 0.15) is 0 Å². The first kappa shape index (κ1) is 18.3. The van der Waals surface area contributed by atoms with Crippen molar-refractivity contribution in [3.63, 3.8) is 0 Å². The third-order valence-corrected chi connectivity index (χ3v) is 5.53. The highest BCUT2D eigenvalue weighted by atomic mass is 35.5. The molecule has 1 aromatic heterocycles. The topological polar surface area (TPSA) is 68.0 Å². The van der Waals surface area contributed by atoms with Crippen LogP contribution in [0.3, 0.4) is 0 Å². The molecule has 7 heteroatoms. The summed E-state index contributed by atoms with van der Waals surface area (Å²) in [4.78, 5) is 12.4. The summed E-state index contributed by atoms with van der Waals surface area (Å²) in [5, 5.41) is 12.0. The predicted molar refractivity (Wildman–Crippen MR) is 99.7 cm³/mol. The Morgan fingerprint density at radius 3 is 2.56 bits per heavy atom. The van der Waals surface area contributed by atoms with Gasteiger partial charge in [-0.2, -0.15) is 0 Å². The monoisotopic (exact) mass is 379 g/mol. The van der Waals surface area contributed by atoms with Crippen LogP contribution in [0.5, 0.6) is 0 Å². The molecule has 1 amide bonds. The van der Waals surface area contributed by atoms with Crippen molar-refractivity contribution in [2.45, 2.75) is 62.0 Å². The molecule has 1 fully saturated rings. The first-order valence-electron chi connectivity index (χ1n) is 8.68. The highest BCUT2D eigenvalue weighted by Gasteiger charge is 2.22. The number of hydrogen-bond donors (Lipinski definition) is 1. The second kappa shape index (κ2) is 8.72. The van der Waals surface area contributed by atoms with Gasteiger partial charge in [0, 0.05) is 16.6 Å². The summed E-state index contributed by atoms with van der Waals surface area (Å²) in [6.45, 7) is 1.86. The van der Waals surface area contributed by atoms with Crippen LogP contribution in [0.25, 0.3) is 11.5 Å². The summed E-state index contributed by atoms with van der Waals surface area (Å²) >= 11 is 7.17. The van der Waals surface area contributed by atoms with Crippen molar-refractivity contribution in [3.05, 3.63) is 29.3 Å². The molecule has 0 spiro atoms. The van der Waals surface area contributed by atoms with E-state index in [0.29, 0.717) is 22.2 Å². The zero-order valence-electron chi connectivity index (χ0n) is 14.2. The maximum Gasteiger partial charge on any atom is 0.277 e. The number of nitrogens with one attached hydrogen (secondary N) is 1. The van der Waals surface area contributed by atoms with Gasteiger partial charge in [0.05, 0.1) is 5.25 Å². The van der Waals surface area contributed by atoms with Crippen LogP contribution in [0.4, 0.5) is 0 Å². The Hall–Kier alpha value is -1.53. The van der Waals surface area contributed by atoms with Gasteiger partial charge in [-0.1, -0.05) is 49.0 Å². The lowest BCUT2D eigenvalue weighted by atomic mass is 10.1. The Balaban J connectivity index is 1.56. The summed E-state index contributed by atoms with van der Waals surface area (Å²) in [7, 11) is 0. The average Bonchev–Trinajstić information content (AvgIpc) is 2.91. The zero-order valence-corrected chi connectivity index (χ0v) is 15.8. The first-order chi connectivity index (χ1) is 12.1. The molecule has 2 aromatic rings. The van der Waals surface area contributed by atoms with Crippen LogP contribution in [-0.2, 0) is 4.79 Å². The maximum absolute atomic E-state index is 12.4. The van der Waals surface area contributed by atoms with Crippen molar-refractivity contribution in [3.8, 4) is 11.5 Å². The number of nitrogens with zero attached hydrogens (tertiary/aromatic N) is 2. The summed E-state index contributed by atoms with van der Waals surface area (Å²) < 4.78 is 5.66. The van der Waals surface area contributed by atoms with E-state index < -0.39 is 0 Å². The molecule has 1 heterocycles. The van der Waals surface area contributed by atoms with Crippen LogP contribution in [-0.4, -0.2) is 27.4 Å². The minimum atomic E-state index is -0.276. The fraction of sp³-hybridized carbons (Fsp3) is 0.500. The fourth-order valence-electron chi connectivity index (χ4n) is 2.91. The molecular formula is C18H22ClN3O2S. The molecule has 1 atom stereocenters. The normalized spacial score (nSPS) is 17.0. The average molecular weight is 380 g/mol. The second-order valence-electron chi connectivity index (χ2n) is 6.34. The van der Waals surface area contributed by atoms with E-state index in [1.165, 1.54) is 37.4 Å². The number of amides is 1. The van der Waals surface area contributed by atoms with Crippen molar-refractivity contribution in [1.82, 2.24) is 15.5 Å². The van der Waals surface area contributed by atoms with Crippen molar-refractivity contribution in [2.75, 3.05) is 0 Å². The van der Waals surface area contributed by atoms with Crippen molar-refractivity contribution in [2.24, 2.45) is 0 Å². The summed E-state index contributed by atoms with van der Waals surface area (Å²) in [6.07, 6.45) is 7.08. The molecule has 0 saturated heterocycles. The van der Waals surface area contributed by atoms with E-state index in [1.54, 1.807) is 12.1 Å². The van der Waals surface area contributed by atoms with Crippen molar-refractivity contribution in [1.29, 1.82) is 0 Å². The van der Waals surface area contributed by atoms with E-state index in [4.69, 9.17) is 16.0 Å². The van der Waals surface area contributed by atoms with Crippen LogP contribution in [0.2, 0.25) is 5.02 Å². The number of benzene rings is 1. The lowest BCUT2D eigenvalue weighted by Gasteiger charge is -2.18. The first-order valence-corrected chi connectivity index (χ1v) is 9.94. The third kappa shape index (κ3) is 5.22. The second-order valence-corrected chi connectivity index (χ2v) is 8.07. The van der Waals surface area contributed by atoms with E-state index in [0.717, 1.165) is 18.4 Å². The van der Waals surface area contributed by atoms with Gasteiger partial charge in [0.2, 0.25) is 11.8 Å². The van der Waals surface area contributed by atoms with E-state index in [2.05, 4.69) is 15.5 Å². The molecule has 1 N–H and O–H groups in total. The quantitative estimate of drug-likeness (QED) is 0.601. The molecule has 25 heavy (non-hydrogen) atoms. The molecule has 0 aliphatic heterocycles. The number of carbonyl (C=O) groups excluding carboxylic acids is 1. The number of aromatic nitrogens is 2. The SMILES string of the molecule is CC(Sc1nnc(-c2ccc(Cl)cc2)o1)C(=O)NC1CCCCCC1. The van der Waals surface area contributed by atoms with Gasteiger partial charge < -0.3 is 9.73 Å². The van der Waals surface area contributed by atoms with Gasteiger partial charge in [-0.25, -0.2) is 0 Å². The Morgan fingerprint density at radius 2 is 1.88 bits per heavy atom. The highest BCUT2D eigenvalue weighted by Crippen LogP contribution is 2.27. The summed E-state index contributed by atoms with van der Waals surface area (Å²) in [5.41, 5.74) is 0.805. The number of rotatable bonds is 5. The maximum atomic E-state index is 12.4. The molecule has 5 nitrogen and oxygen atoms in total. The van der Waals surface area contributed by atoms with Crippen LogP contribution in [0.1, 0.15) is 45.4 Å². The molecule has 1 saturated carbocycles. The molecule has 1 unspecified atom stereocenters. The van der Waals surface area contributed by atoms with E-state index in [9.17, 15) is 4.79 Å². The predicted octanol–water partition coefficient (Wildman–Crippen LogP) is 4.71. The standard InChI is InChI=1S/C18H22ClN3O2S/c1-12(16(23)20-15-6-4-2-3-5-7-15)25-18-22-21-17(24-18)13-8-10-14(19)11-9-13/h8-12,15H,2-7H2,1H3,(H,20,23). The Labute approximate surface area is 156 Å². The largest absolute Gasteiger partial charge is 0.411 e. The van der Waals surface area contributed by atoms with Crippen LogP contribution in [0.15, 0.2) is 33.9 Å². The number of thioether (sulfide) groups is 1. The van der Waals surface area contributed by atoms with Gasteiger partial charge in [0.25, 0.3) is 5.22 Å². The lowest BCUT2D eigenvalue weighted by molar-refractivity contribution is -0.121. The molecule has 3 rings (SSSR count). The summed E-state index contributed by atoms with van der Waals surface area (Å²) in [6, 6.07) is 7.50. The van der Waals surface area contributed by atoms with Gasteiger partial charge in [-0.05, 0) is 44.0 Å². The Morgan fingerprint density at radius 1 is 1.20 bits per heavy atom. The van der Waals surface area contributed by atoms with Gasteiger partial charge in [-0.15, -0.1) is 10.2 Å². The van der Waals surface area contributed by atoms with Crippen LogP contribution >= 0.6 is 23.4 Å². The highest BCUT2D eigenvalue weighted by molar-refractivity contribution is 8.00. The third-order valence-electron chi connectivity index (χ3n) is 4.35. The fourth-order valence-corrected chi connectivity index (χ4v) is 3.73. The summed E-state index contributed by atoms with van der Waals surface area (Å²) in [5.74, 6) is 0.457. The molecule has 1 aliphatic rings. The molecular weight excluding hydrogens is 358 g/mol. The minimum Gasteiger partial charge on any atom is -0.411 e. The lowest BCUT2D eigenvalue weighted by Crippen LogP contribution is -2.39. The molecule has 1 aliphatic carbocycles. The molecule has 134 valence electrons. The smallest absolute Gasteiger partial charge is 0.277 e. The van der Waals surface area contributed by atoms with Gasteiger partial charge in [0.15, 0.2) is 0 Å². The number of carbonyl (C=O) groups is 1. The van der Waals surface area contributed by atoms with Crippen LogP contribution in [0, 0.1) is 0 Å². The zero-order chi connectivity index (χ0) is 17.6. The Kier molecular flexibility index (Phi) is 6.37. The molecule has 1 aromatic carbocycles. The molecule has 0 bridgehead atoms. The van der Waals surface area contributed by atoms with Gasteiger partial charge >= 0.3 is 0 Å². The number of hydrogen-bond acceptors (Lipinski definition) is 5.